The number of hydrogen-bond donors (Lipinski definition) is 0. The van der Waals surface area contributed by atoms with Gasteiger partial charge in [-0.25, -0.2) is 0 Å². The molecule has 0 saturated heterocycles. The van der Waals surface area contributed by atoms with Crippen molar-refractivity contribution >= 4 is 24.2 Å². The highest BCUT2D eigenvalue weighted by atomic mass is 79.9. The van der Waals surface area contributed by atoms with Crippen LogP contribution in [0.3, 0.4) is 0 Å². The zero-order valence-corrected chi connectivity index (χ0v) is 17.3. The van der Waals surface area contributed by atoms with Crippen molar-refractivity contribution in [1.29, 1.82) is 0 Å². The smallest absolute Gasteiger partial charge is 0.194 e. The lowest BCUT2D eigenvalue weighted by Crippen LogP contribution is -2.43. The Morgan fingerprint density at radius 1 is 1.14 bits per heavy atom. The molecule has 0 fully saturated rings. The van der Waals surface area contributed by atoms with Crippen LogP contribution in [0.4, 0.5) is 0 Å². The minimum Gasteiger partial charge on any atom is -0.400 e. The fourth-order valence-corrected chi connectivity index (χ4v) is 3.10. The molecule has 0 unspecified atom stereocenters. The molecule has 1 atom stereocenters. The zero-order valence-electron chi connectivity index (χ0n) is 14.8. The maximum Gasteiger partial charge on any atom is 0.194 e. The van der Waals surface area contributed by atoms with Crippen LogP contribution in [0.15, 0.2) is 12.2 Å². The first-order chi connectivity index (χ1) is 9.74. The van der Waals surface area contributed by atoms with Gasteiger partial charge in [-0.2, -0.15) is 0 Å². The molecule has 122 valence electrons. The Bertz CT molecular complexity index is 358. The number of rotatable bonds is 9. The molecular weight excluding hydrogens is 340 g/mol. The van der Waals surface area contributed by atoms with Gasteiger partial charge in [0.25, 0.3) is 0 Å². The SMILES string of the molecule is CCCCCCC/C=C\[C@@H](C#CBr)O[Si](C)(C)C(C)(C)C. The quantitative estimate of drug-likeness (QED) is 0.190. The molecule has 0 heterocycles. The van der Waals surface area contributed by atoms with E-state index in [1.807, 2.05) is 0 Å². The highest BCUT2D eigenvalue weighted by Crippen LogP contribution is 2.37. The van der Waals surface area contributed by atoms with Crippen molar-refractivity contribution in [2.45, 2.75) is 90.5 Å². The van der Waals surface area contributed by atoms with E-state index in [9.17, 15) is 0 Å². The van der Waals surface area contributed by atoms with Crippen molar-refractivity contribution in [3.63, 3.8) is 0 Å². The molecule has 1 nitrogen and oxygen atoms in total. The largest absolute Gasteiger partial charge is 0.400 e. The lowest BCUT2D eigenvalue weighted by molar-refractivity contribution is 0.275. The van der Waals surface area contributed by atoms with Crippen LogP contribution in [-0.2, 0) is 4.43 Å². The van der Waals surface area contributed by atoms with Gasteiger partial charge in [0.1, 0.15) is 6.10 Å². The van der Waals surface area contributed by atoms with E-state index in [-0.39, 0.29) is 11.1 Å². The van der Waals surface area contributed by atoms with Gasteiger partial charge in [0.2, 0.25) is 0 Å². The first-order valence-electron chi connectivity index (χ1n) is 8.20. The third kappa shape index (κ3) is 9.55. The van der Waals surface area contributed by atoms with Crippen LogP contribution in [0.2, 0.25) is 18.1 Å². The molecule has 0 bridgehead atoms. The van der Waals surface area contributed by atoms with Crippen LogP contribution >= 0.6 is 15.9 Å². The summed E-state index contributed by atoms with van der Waals surface area (Å²) in [7, 11) is -1.77. The van der Waals surface area contributed by atoms with Crippen molar-refractivity contribution in [3.05, 3.63) is 12.2 Å². The third-order valence-electron chi connectivity index (χ3n) is 4.21. The molecule has 0 spiro atoms. The highest BCUT2D eigenvalue weighted by Gasteiger charge is 2.38. The Hall–Kier alpha value is -0.0431. The van der Waals surface area contributed by atoms with E-state index in [0.29, 0.717) is 0 Å². The van der Waals surface area contributed by atoms with E-state index < -0.39 is 8.32 Å². The molecule has 0 aliphatic carbocycles. The second-order valence-electron chi connectivity index (χ2n) is 7.17. The zero-order chi connectivity index (χ0) is 16.4. The topological polar surface area (TPSA) is 9.23 Å². The van der Waals surface area contributed by atoms with Crippen molar-refractivity contribution in [2.75, 3.05) is 0 Å². The van der Waals surface area contributed by atoms with E-state index >= 15 is 0 Å². The number of hydrogen-bond acceptors (Lipinski definition) is 1. The van der Waals surface area contributed by atoms with E-state index in [1.165, 1.54) is 32.1 Å². The monoisotopic (exact) mass is 372 g/mol. The lowest BCUT2D eigenvalue weighted by Gasteiger charge is -2.37. The van der Waals surface area contributed by atoms with Gasteiger partial charge in [-0.15, -0.1) is 0 Å². The average Bonchev–Trinajstić information content (AvgIpc) is 2.36. The summed E-state index contributed by atoms with van der Waals surface area (Å²) in [6.45, 7) is 13.6. The fraction of sp³-hybridized carbons (Fsp3) is 0.778. The van der Waals surface area contributed by atoms with Crippen molar-refractivity contribution in [3.8, 4) is 10.8 Å². The molecule has 0 saturated carbocycles. The molecule has 0 amide bonds. The van der Waals surface area contributed by atoms with E-state index in [2.05, 4.69) is 79.6 Å². The summed E-state index contributed by atoms with van der Waals surface area (Å²) in [4.78, 5) is 2.82. The van der Waals surface area contributed by atoms with Crippen molar-refractivity contribution in [2.24, 2.45) is 0 Å². The maximum atomic E-state index is 6.34. The van der Waals surface area contributed by atoms with Crippen LogP contribution in [0.25, 0.3) is 0 Å². The predicted octanol–water partition coefficient (Wildman–Crippen LogP) is 6.65. The van der Waals surface area contributed by atoms with Gasteiger partial charge in [0.05, 0.1) is 0 Å². The van der Waals surface area contributed by atoms with Crippen LogP contribution in [0, 0.1) is 10.8 Å². The molecule has 0 aromatic carbocycles. The standard InChI is InChI=1S/C18H33BrOSi/c1-7-8-9-10-11-12-13-14-17(15-16-19)20-21(5,6)18(2,3)4/h13-14,17H,7-12H2,1-6H3/b14-13-/t17-/m0/s1. The Labute approximate surface area is 142 Å². The summed E-state index contributed by atoms with van der Waals surface area (Å²) in [6, 6.07) is 0. The lowest BCUT2D eigenvalue weighted by atomic mass is 10.1. The second-order valence-corrected chi connectivity index (χ2v) is 12.3. The van der Waals surface area contributed by atoms with Crippen LogP contribution < -0.4 is 0 Å². The average molecular weight is 373 g/mol. The molecule has 3 heteroatoms. The van der Waals surface area contributed by atoms with Crippen LogP contribution in [0.5, 0.6) is 0 Å². The summed E-state index contributed by atoms with van der Waals surface area (Å²) < 4.78 is 6.34. The third-order valence-corrected chi connectivity index (χ3v) is 8.89. The van der Waals surface area contributed by atoms with Crippen LogP contribution in [-0.4, -0.2) is 14.4 Å². The Kier molecular flexibility index (Phi) is 10.6. The summed E-state index contributed by atoms with van der Waals surface area (Å²) in [5, 5.41) is 0.216. The molecule has 0 N–H and O–H groups in total. The van der Waals surface area contributed by atoms with E-state index in [4.69, 9.17) is 4.43 Å². The highest BCUT2D eigenvalue weighted by molar-refractivity contribution is 9.12. The van der Waals surface area contributed by atoms with E-state index in [0.717, 1.165) is 6.42 Å². The van der Waals surface area contributed by atoms with E-state index in [1.54, 1.807) is 0 Å². The summed E-state index contributed by atoms with van der Waals surface area (Å²) in [5.41, 5.74) is 0. The molecule has 0 aromatic heterocycles. The molecule has 0 aliphatic heterocycles. The fourth-order valence-electron chi connectivity index (χ4n) is 1.75. The van der Waals surface area contributed by atoms with Crippen LogP contribution in [0.1, 0.15) is 66.2 Å². The van der Waals surface area contributed by atoms with Gasteiger partial charge >= 0.3 is 0 Å². The Morgan fingerprint density at radius 3 is 2.29 bits per heavy atom. The summed E-state index contributed by atoms with van der Waals surface area (Å²) in [6.07, 6.45) is 12.0. The van der Waals surface area contributed by atoms with Crippen molar-refractivity contribution < 1.29 is 4.43 Å². The Balaban J connectivity index is 4.34. The van der Waals surface area contributed by atoms with Crippen molar-refractivity contribution in [1.82, 2.24) is 0 Å². The normalized spacial score (nSPS) is 14.0. The number of allylic oxidation sites excluding steroid dienone is 1. The molecule has 0 radical (unpaired) electrons. The summed E-state index contributed by atoms with van der Waals surface area (Å²) in [5.74, 6) is 3.11. The molecular formula is C18H33BrOSi. The molecule has 0 rings (SSSR count). The molecule has 0 aliphatic rings. The Morgan fingerprint density at radius 2 is 1.76 bits per heavy atom. The molecule has 0 aromatic rings. The van der Waals surface area contributed by atoms with Gasteiger partial charge in [0, 0.05) is 15.9 Å². The first kappa shape index (κ1) is 21.0. The van der Waals surface area contributed by atoms with Gasteiger partial charge in [0.15, 0.2) is 8.32 Å². The van der Waals surface area contributed by atoms with Gasteiger partial charge < -0.3 is 4.43 Å². The minimum absolute atomic E-state index is 0.0825. The first-order valence-corrected chi connectivity index (χ1v) is 11.9. The minimum atomic E-state index is -1.77. The number of unbranched alkanes of at least 4 members (excludes halogenated alkanes) is 5. The number of halogens is 1. The maximum absolute atomic E-state index is 6.34. The van der Waals surface area contributed by atoms with Gasteiger partial charge in [-0.05, 0) is 41.9 Å². The van der Waals surface area contributed by atoms with Gasteiger partial charge in [-0.3, -0.25) is 0 Å². The second kappa shape index (κ2) is 10.6. The summed E-state index contributed by atoms with van der Waals surface area (Å²) >= 11 is 3.20. The predicted molar refractivity (Wildman–Crippen MR) is 101 cm³/mol. The molecule has 21 heavy (non-hydrogen) atoms. The van der Waals surface area contributed by atoms with Gasteiger partial charge in [-0.1, -0.05) is 65.4 Å².